The summed E-state index contributed by atoms with van der Waals surface area (Å²) in [6.45, 7) is 13.5. The molecule has 0 spiro atoms. The number of ether oxygens (including phenoxy) is 1. The van der Waals surface area contributed by atoms with Crippen molar-refractivity contribution < 1.29 is 9.84 Å². The summed E-state index contributed by atoms with van der Waals surface area (Å²) < 4.78 is 5.55. The first-order valence-electron chi connectivity index (χ1n) is 7.84. The number of benzene rings is 1. The SMILES string of the molecule is CCOc1cc([C@H](N2CCNCC2)C(C)(C)C)ccc1O. The summed E-state index contributed by atoms with van der Waals surface area (Å²) in [5, 5.41) is 13.3. The minimum absolute atomic E-state index is 0.123. The van der Waals surface area contributed by atoms with Gasteiger partial charge in [-0.3, -0.25) is 4.90 Å². The van der Waals surface area contributed by atoms with E-state index >= 15 is 0 Å². The monoisotopic (exact) mass is 292 g/mol. The molecular weight excluding hydrogens is 264 g/mol. The van der Waals surface area contributed by atoms with E-state index in [4.69, 9.17) is 4.74 Å². The minimum atomic E-state index is 0.123. The van der Waals surface area contributed by atoms with Crippen molar-refractivity contribution in [1.82, 2.24) is 10.2 Å². The molecule has 0 bridgehead atoms. The molecule has 4 heteroatoms. The zero-order valence-corrected chi connectivity index (χ0v) is 13.6. The highest BCUT2D eigenvalue weighted by Gasteiger charge is 2.32. The molecule has 0 saturated carbocycles. The van der Waals surface area contributed by atoms with Crippen LogP contribution in [0.2, 0.25) is 0 Å². The van der Waals surface area contributed by atoms with E-state index < -0.39 is 0 Å². The summed E-state index contributed by atoms with van der Waals surface area (Å²) >= 11 is 0. The maximum absolute atomic E-state index is 9.91. The fourth-order valence-electron chi connectivity index (χ4n) is 3.17. The molecule has 1 saturated heterocycles. The van der Waals surface area contributed by atoms with Gasteiger partial charge >= 0.3 is 0 Å². The van der Waals surface area contributed by atoms with E-state index in [9.17, 15) is 5.11 Å². The number of hydrogen-bond donors (Lipinski definition) is 2. The fraction of sp³-hybridized carbons (Fsp3) is 0.647. The third-order valence-electron chi connectivity index (χ3n) is 3.94. The largest absolute Gasteiger partial charge is 0.504 e. The molecule has 1 fully saturated rings. The highest BCUT2D eigenvalue weighted by molar-refractivity contribution is 5.43. The standard InChI is InChI=1S/C17H28N2O2/c1-5-21-15-12-13(6-7-14(15)20)16(17(2,3)4)19-10-8-18-9-11-19/h6-7,12,16,18,20H,5,8-11H2,1-4H3/t16-/m0/s1. The predicted molar refractivity (Wildman–Crippen MR) is 85.9 cm³/mol. The van der Waals surface area contributed by atoms with E-state index in [0.29, 0.717) is 18.4 Å². The van der Waals surface area contributed by atoms with Crippen molar-refractivity contribution in [1.29, 1.82) is 0 Å². The van der Waals surface area contributed by atoms with E-state index in [1.807, 2.05) is 19.1 Å². The van der Waals surface area contributed by atoms with E-state index in [-0.39, 0.29) is 11.2 Å². The summed E-state index contributed by atoms with van der Waals surface area (Å²) in [5.41, 5.74) is 1.34. The van der Waals surface area contributed by atoms with Crippen LogP contribution in [0.4, 0.5) is 0 Å². The predicted octanol–water partition coefficient (Wildman–Crippen LogP) is 2.78. The Morgan fingerprint density at radius 1 is 1.29 bits per heavy atom. The van der Waals surface area contributed by atoms with Crippen LogP contribution in [0.25, 0.3) is 0 Å². The number of rotatable bonds is 4. The number of phenolic OH excluding ortho intramolecular Hbond substituents is 1. The summed E-state index contributed by atoms with van der Waals surface area (Å²) in [5.74, 6) is 0.799. The first-order chi connectivity index (χ1) is 9.93. The molecule has 4 nitrogen and oxygen atoms in total. The maximum Gasteiger partial charge on any atom is 0.161 e. The Balaban J connectivity index is 2.34. The average Bonchev–Trinajstić information content (AvgIpc) is 2.42. The zero-order valence-electron chi connectivity index (χ0n) is 13.6. The van der Waals surface area contributed by atoms with Crippen LogP contribution in [0.3, 0.4) is 0 Å². The fourth-order valence-corrected chi connectivity index (χ4v) is 3.17. The van der Waals surface area contributed by atoms with E-state index in [0.717, 1.165) is 26.2 Å². The van der Waals surface area contributed by atoms with Gasteiger partial charge in [-0.15, -0.1) is 0 Å². The number of nitrogens with one attached hydrogen (secondary N) is 1. The molecule has 1 aliphatic rings. The maximum atomic E-state index is 9.91. The number of nitrogens with zero attached hydrogens (tertiary/aromatic N) is 1. The van der Waals surface area contributed by atoms with Gasteiger partial charge in [0.2, 0.25) is 0 Å². The third-order valence-corrected chi connectivity index (χ3v) is 3.94. The molecule has 2 rings (SSSR count). The molecule has 118 valence electrons. The van der Waals surface area contributed by atoms with Crippen LogP contribution in [0.5, 0.6) is 11.5 Å². The summed E-state index contributed by atoms with van der Waals surface area (Å²) in [6.07, 6.45) is 0. The lowest BCUT2D eigenvalue weighted by atomic mass is 9.81. The van der Waals surface area contributed by atoms with Gasteiger partial charge in [0.05, 0.1) is 6.61 Å². The van der Waals surface area contributed by atoms with E-state index in [1.54, 1.807) is 6.07 Å². The van der Waals surface area contributed by atoms with Gasteiger partial charge in [-0.2, -0.15) is 0 Å². The summed E-state index contributed by atoms with van der Waals surface area (Å²) in [4.78, 5) is 2.53. The van der Waals surface area contributed by atoms with Gasteiger partial charge in [0, 0.05) is 32.2 Å². The lowest BCUT2D eigenvalue weighted by Crippen LogP contribution is -2.48. The molecule has 0 aliphatic carbocycles. The van der Waals surface area contributed by atoms with Crippen LogP contribution >= 0.6 is 0 Å². The lowest BCUT2D eigenvalue weighted by Gasteiger charge is -2.42. The van der Waals surface area contributed by atoms with Crippen LogP contribution in [-0.2, 0) is 0 Å². The first kappa shape index (κ1) is 16.1. The molecule has 1 aromatic rings. The van der Waals surface area contributed by atoms with Gasteiger partial charge in [0.25, 0.3) is 0 Å². The van der Waals surface area contributed by atoms with Gasteiger partial charge in [-0.05, 0) is 30.0 Å². The van der Waals surface area contributed by atoms with Crippen molar-refractivity contribution in [3.8, 4) is 11.5 Å². The number of phenols is 1. The van der Waals surface area contributed by atoms with Gasteiger partial charge in [0.15, 0.2) is 11.5 Å². The lowest BCUT2D eigenvalue weighted by molar-refractivity contribution is 0.0859. The Labute approximate surface area is 128 Å². The summed E-state index contributed by atoms with van der Waals surface area (Å²) in [6, 6.07) is 6.09. The molecule has 0 amide bonds. The number of hydrogen-bond acceptors (Lipinski definition) is 4. The molecule has 1 aromatic carbocycles. The number of piperazine rings is 1. The van der Waals surface area contributed by atoms with Crippen LogP contribution in [0.15, 0.2) is 18.2 Å². The molecule has 1 aliphatic heterocycles. The van der Waals surface area contributed by atoms with Gasteiger partial charge in [-0.1, -0.05) is 26.8 Å². The van der Waals surface area contributed by atoms with Crippen molar-refractivity contribution in [2.75, 3.05) is 32.8 Å². The van der Waals surface area contributed by atoms with Crippen molar-refractivity contribution in [2.45, 2.75) is 33.7 Å². The molecule has 2 N–H and O–H groups in total. The Hall–Kier alpha value is -1.26. The van der Waals surface area contributed by atoms with Crippen LogP contribution in [0, 0.1) is 5.41 Å². The minimum Gasteiger partial charge on any atom is -0.504 e. The number of aromatic hydroxyl groups is 1. The van der Waals surface area contributed by atoms with Gasteiger partial charge in [0.1, 0.15) is 0 Å². The van der Waals surface area contributed by atoms with Crippen molar-refractivity contribution >= 4 is 0 Å². The Morgan fingerprint density at radius 3 is 2.52 bits per heavy atom. The summed E-state index contributed by atoms with van der Waals surface area (Å²) in [7, 11) is 0. The third kappa shape index (κ3) is 3.89. The normalized spacial score (nSPS) is 18.5. The Bertz CT molecular complexity index is 462. The van der Waals surface area contributed by atoms with Crippen LogP contribution in [-0.4, -0.2) is 42.8 Å². The van der Waals surface area contributed by atoms with Crippen molar-refractivity contribution in [3.63, 3.8) is 0 Å². The quantitative estimate of drug-likeness (QED) is 0.895. The molecule has 21 heavy (non-hydrogen) atoms. The second kappa shape index (κ2) is 6.67. The molecule has 0 aromatic heterocycles. The molecular formula is C17H28N2O2. The zero-order chi connectivity index (χ0) is 15.5. The Morgan fingerprint density at radius 2 is 1.95 bits per heavy atom. The van der Waals surface area contributed by atoms with Crippen LogP contribution in [0.1, 0.15) is 39.3 Å². The smallest absolute Gasteiger partial charge is 0.161 e. The second-order valence-corrected chi connectivity index (χ2v) is 6.71. The van der Waals surface area contributed by atoms with E-state index in [2.05, 4.69) is 31.0 Å². The second-order valence-electron chi connectivity index (χ2n) is 6.71. The highest BCUT2D eigenvalue weighted by atomic mass is 16.5. The van der Waals surface area contributed by atoms with Crippen LogP contribution < -0.4 is 10.1 Å². The topological polar surface area (TPSA) is 44.7 Å². The molecule has 1 atom stereocenters. The van der Waals surface area contributed by atoms with E-state index in [1.165, 1.54) is 5.56 Å². The molecule has 0 radical (unpaired) electrons. The average molecular weight is 292 g/mol. The molecule has 0 unspecified atom stereocenters. The van der Waals surface area contributed by atoms with Gasteiger partial charge in [-0.25, -0.2) is 0 Å². The van der Waals surface area contributed by atoms with Crippen molar-refractivity contribution in [3.05, 3.63) is 23.8 Å². The highest BCUT2D eigenvalue weighted by Crippen LogP contribution is 2.40. The van der Waals surface area contributed by atoms with Crippen molar-refractivity contribution in [2.24, 2.45) is 5.41 Å². The van der Waals surface area contributed by atoms with Gasteiger partial charge < -0.3 is 15.2 Å². The Kier molecular flexibility index (Phi) is 5.12. The molecule has 1 heterocycles. The first-order valence-corrected chi connectivity index (χ1v) is 7.84.